The number of benzene rings is 1. The Labute approximate surface area is 120 Å². The van der Waals surface area contributed by atoms with Crippen LogP contribution in [0.4, 0.5) is 10.2 Å². The Morgan fingerprint density at radius 3 is 2.80 bits per heavy atom. The Morgan fingerprint density at radius 1 is 1.40 bits per heavy atom. The summed E-state index contributed by atoms with van der Waals surface area (Å²) in [6, 6.07) is 7.33. The van der Waals surface area contributed by atoms with Crippen LogP contribution in [-0.4, -0.2) is 16.1 Å². The summed E-state index contributed by atoms with van der Waals surface area (Å²) in [5, 5.41) is 12.0. The van der Waals surface area contributed by atoms with Gasteiger partial charge in [-0.2, -0.15) is 0 Å². The molecule has 0 radical (unpaired) electrons. The fraction of sp³-hybridized carbons (Fsp3) is 0.143. The molecule has 6 heteroatoms. The van der Waals surface area contributed by atoms with Crippen LogP contribution in [0.1, 0.15) is 21.6 Å². The third-order valence-electron chi connectivity index (χ3n) is 2.66. The van der Waals surface area contributed by atoms with Crippen LogP contribution in [0, 0.1) is 12.7 Å². The number of carbonyl (C=O) groups is 1. The Kier molecular flexibility index (Phi) is 4.20. The van der Waals surface area contributed by atoms with Gasteiger partial charge in [-0.25, -0.2) is 14.2 Å². The highest BCUT2D eigenvalue weighted by atomic mass is 35.5. The molecule has 0 bridgehead atoms. The SMILES string of the molecule is Cc1cc(C(=O)O)cc(NCc2ccc(F)c(Cl)c2)n1. The van der Waals surface area contributed by atoms with E-state index in [0.717, 1.165) is 5.56 Å². The zero-order chi connectivity index (χ0) is 14.7. The second-order valence-corrected chi connectivity index (χ2v) is 4.70. The molecule has 1 aromatic carbocycles. The smallest absolute Gasteiger partial charge is 0.335 e. The highest BCUT2D eigenvalue weighted by Gasteiger charge is 2.07. The lowest BCUT2D eigenvalue weighted by molar-refractivity contribution is 0.0696. The summed E-state index contributed by atoms with van der Waals surface area (Å²) < 4.78 is 13.0. The van der Waals surface area contributed by atoms with E-state index in [9.17, 15) is 9.18 Å². The van der Waals surface area contributed by atoms with Gasteiger partial charge in [0.2, 0.25) is 0 Å². The lowest BCUT2D eigenvalue weighted by Crippen LogP contribution is -2.05. The number of rotatable bonds is 4. The first kappa shape index (κ1) is 14.3. The number of hydrogen-bond acceptors (Lipinski definition) is 3. The van der Waals surface area contributed by atoms with Gasteiger partial charge in [0.1, 0.15) is 11.6 Å². The summed E-state index contributed by atoms with van der Waals surface area (Å²) in [6.45, 7) is 2.09. The maximum Gasteiger partial charge on any atom is 0.335 e. The van der Waals surface area contributed by atoms with E-state index >= 15 is 0 Å². The average molecular weight is 295 g/mol. The zero-order valence-corrected chi connectivity index (χ0v) is 11.4. The molecule has 0 aliphatic carbocycles. The number of carboxylic acid groups (broad SMARTS) is 1. The first-order valence-electron chi connectivity index (χ1n) is 5.85. The molecule has 0 spiro atoms. The van der Waals surface area contributed by atoms with Crippen molar-refractivity contribution >= 4 is 23.4 Å². The molecule has 4 nitrogen and oxygen atoms in total. The molecule has 0 saturated carbocycles. The molecule has 104 valence electrons. The third-order valence-corrected chi connectivity index (χ3v) is 2.95. The molecule has 1 heterocycles. The van der Waals surface area contributed by atoms with Crippen molar-refractivity contribution in [1.29, 1.82) is 0 Å². The van der Waals surface area contributed by atoms with Crippen molar-refractivity contribution in [2.24, 2.45) is 0 Å². The third kappa shape index (κ3) is 3.45. The fourth-order valence-corrected chi connectivity index (χ4v) is 1.93. The Bertz CT molecular complexity index is 662. The van der Waals surface area contributed by atoms with E-state index in [1.807, 2.05) is 0 Å². The van der Waals surface area contributed by atoms with Crippen molar-refractivity contribution in [2.45, 2.75) is 13.5 Å². The predicted octanol–water partition coefficient (Wildman–Crippen LogP) is 3.49. The van der Waals surface area contributed by atoms with E-state index in [4.69, 9.17) is 16.7 Å². The van der Waals surface area contributed by atoms with Crippen LogP contribution in [0.3, 0.4) is 0 Å². The van der Waals surface area contributed by atoms with Crippen molar-refractivity contribution in [3.05, 3.63) is 58.0 Å². The zero-order valence-electron chi connectivity index (χ0n) is 10.7. The standard InChI is InChI=1S/C14H12ClFN2O2/c1-8-4-10(14(19)20)6-13(18-8)17-7-9-2-3-12(16)11(15)5-9/h2-6H,7H2,1H3,(H,17,18)(H,19,20). The monoisotopic (exact) mass is 294 g/mol. The number of halogens is 2. The van der Waals surface area contributed by atoms with Crippen LogP contribution in [-0.2, 0) is 6.54 Å². The molecule has 0 saturated heterocycles. The minimum Gasteiger partial charge on any atom is -0.478 e. The molecule has 0 fully saturated rings. The largest absolute Gasteiger partial charge is 0.478 e. The van der Waals surface area contributed by atoms with Crippen molar-refractivity contribution in [3.63, 3.8) is 0 Å². The normalized spacial score (nSPS) is 10.3. The van der Waals surface area contributed by atoms with Gasteiger partial charge in [0.15, 0.2) is 0 Å². The summed E-state index contributed by atoms with van der Waals surface area (Å²) in [4.78, 5) is 15.1. The average Bonchev–Trinajstić information content (AvgIpc) is 2.39. The van der Waals surface area contributed by atoms with Crippen LogP contribution >= 0.6 is 11.6 Å². The number of aromatic carboxylic acids is 1. The molecule has 2 aromatic rings. The van der Waals surface area contributed by atoms with Crippen LogP contribution < -0.4 is 5.32 Å². The molecule has 0 aliphatic heterocycles. The minimum absolute atomic E-state index is 0.0488. The van der Waals surface area contributed by atoms with E-state index in [2.05, 4.69) is 10.3 Å². The van der Waals surface area contributed by atoms with Crippen molar-refractivity contribution in [1.82, 2.24) is 4.98 Å². The van der Waals surface area contributed by atoms with Gasteiger partial charge >= 0.3 is 5.97 Å². The Balaban J connectivity index is 2.14. The number of aromatic nitrogens is 1. The summed E-state index contributed by atoms with van der Waals surface area (Å²) in [7, 11) is 0. The first-order valence-corrected chi connectivity index (χ1v) is 6.23. The van der Waals surface area contributed by atoms with Gasteiger partial charge < -0.3 is 10.4 Å². The second-order valence-electron chi connectivity index (χ2n) is 4.29. The van der Waals surface area contributed by atoms with Gasteiger partial charge in [0.05, 0.1) is 10.6 Å². The fourth-order valence-electron chi connectivity index (χ4n) is 1.72. The van der Waals surface area contributed by atoms with Gasteiger partial charge in [-0.1, -0.05) is 17.7 Å². The number of nitrogens with one attached hydrogen (secondary N) is 1. The number of carboxylic acids is 1. The van der Waals surface area contributed by atoms with E-state index in [1.54, 1.807) is 13.0 Å². The van der Waals surface area contributed by atoms with Gasteiger partial charge in [-0.05, 0) is 36.8 Å². The Hall–Kier alpha value is -2.14. The molecule has 2 rings (SSSR count). The highest BCUT2D eigenvalue weighted by molar-refractivity contribution is 6.30. The van der Waals surface area contributed by atoms with Crippen LogP contribution in [0.25, 0.3) is 0 Å². The molecule has 2 N–H and O–H groups in total. The van der Waals surface area contributed by atoms with E-state index in [-0.39, 0.29) is 10.6 Å². The molecular weight excluding hydrogens is 283 g/mol. The predicted molar refractivity (Wildman–Crippen MR) is 74.7 cm³/mol. The van der Waals surface area contributed by atoms with Crippen LogP contribution in [0.5, 0.6) is 0 Å². The van der Waals surface area contributed by atoms with Crippen LogP contribution in [0.15, 0.2) is 30.3 Å². The summed E-state index contributed by atoms with van der Waals surface area (Å²) in [6.07, 6.45) is 0. The quantitative estimate of drug-likeness (QED) is 0.906. The number of nitrogens with zero attached hydrogens (tertiary/aromatic N) is 1. The van der Waals surface area contributed by atoms with E-state index in [0.29, 0.717) is 18.1 Å². The first-order chi connectivity index (χ1) is 9.45. The number of aryl methyl sites for hydroxylation is 1. The van der Waals surface area contributed by atoms with Gasteiger partial charge in [-0.3, -0.25) is 0 Å². The molecule has 0 atom stereocenters. The molecule has 0 amide bonds. The number of anilines is 1. The number of hydrogen-bond donors (Lipinski definition) is 2. The maximum atomic E-state index is 13.0. The second kappa shape index (κ2) is 5.88. The molecule has 0 unspecified atom stereocenters. The van der Waals surface area contributed by atoms with Crippen LogP contribution in [0.2, 0.25) is 5.02 Å². The minimum atomic E-state index is -1.01. The molecule has 1 aromatic heterocycles. The lowest BCUT2D eigenvalue weighted by Gasteiger charge is -2.08. The molecular formula is C14H12ClFN2O2. The van der Waals surface area contributed by atoms with Gasteiger partial charge in [0.25, 0.3) is 0 Å². The Morgan fingerprint density at radius 2 is 2.15 bits per heavy atom. The van der Waals surface area contributed by atoms with Gasteiger partial charge in [-0.15, -0.1) is 0 Å². The molecule has 20 heavy (non-hydrogen) atoms. The van der Waals surface area contributed by atoms with Gasteiger partial charge in [0, 0.05) is 12.2 Å². The maximum absolute atomic E-state index is 13.0. The topological polar surface area (TPSA) is 62.2 Å². The lowest BCUT2D eigenvalue weighted by atomic mass is 10.2. The highest BCUT2D eigenvalue weighted by Crippen LogP contribution is 2.17. The van der Waals surface area contributed by atoms with E-state index in [1.165, 1.54) is 24.3 Å². The van der Waals surface area contributed by atoms with Crippen molar-refractivity contribution in [3.8, 4) is 0 Å². The summed E-state index contributed by atoms with van der Waals surface area (Å²) in [5.41, 5.74) is 1.54. The molecule has 0 aliphatic rings. The number of pyridine rings is 1. The van der Waals surface area contributed by atoms with Crippen molar-refractivity contribution < 1.29 is 14.3 Å². The summed E-state index contributed by atoms with van der Waals surface area (Å²) >= 11 is 5.69. The summed E-state index contributed by atoms with van der Waals surface area (Å²) in [5.74, 6) is -1.04. The van der Waals surface area contributed by atoms with E-state index < -0.39 is 11.8 Å². The van der Waals surface area contributed by atoms with Crippen molar-refractivity contribution in [2.75, 3.05) is 5.32 Å².